The molecule has 1 fully saturated rings. The van der Waals surface area contributed by atoms with E-state index in [-0.39, 0.29) is 17.4 Å². The van der Waals surface area contributed by atoms with E-state index in [4.69, 9.17) is 16.6 Å². The largest absolute Gasteiger partial charge is 0.404 e. The summed E-state index contributed by atoms with van der Waals surface area (Å²) >= 11 is 0. The first-order chi connectivity index (χ1) is 13.2. The highest BCUT2D eigenvalue weighted by Crippen LogP contribution is 2.28. The number of nitrogens with two attached hydrogens (primary N) is 1. The van der Waals surface area contributed by atoms with E-state index in [2.05, 4.69) is 12.2 Å². The van der Waals surface area contributed by atoms with Gasteiger partial charge >= 0.3 is 0 Å². The van der Waals surface area contributed by atoms with Crippen molar-refractivity contribution in [2.24, 2.45) is 17.1 Å². The van der Waals surface area contributed by atoms with Crippen molar-refractivity contribution < 1.29 is 4.79 Å². The van der Waals surface area contributed by atoms with Crippen LogP contribution in [0.1, 0.15) is 51.7 Å². The first-order valence-corrected chi connectivity index (χ1v) is 9.83. The van der Waals surface area contributed by atoms with Crippen LogP contribution in [0.2, 0.25) is 0 Å². The molecule has 1 heterocycles. The van der Waals surface area contributed by atoms with E-state index < -0.39 is 0 Å². The van der Waals surface area contributed by atoms with Crippen LogP contribution in [-0.4, -0.2) is 42.4 Å². The Morgan fingerprint density at radius 1 is 1.36 bits per heavy atom. The zero-order valence-corrected chi connectivity index (χ0v) is 17.4. The van der Waals surface area contributed by atoms with Gasteiger partial charge < -0.3 is 26.8 Å². The summed E-state index contributed by atoms with van der Waals surface area (Å²) < 4.78 is 0. The lowest BCUT2D eigenvalue weighted by molar-refractivity contribution is -0.143. The first kappa shape index (κ1) is 21.7. The number of amides is 1. The number of benzene rings is 1. The van der Waals surface area contributed by atoms with Gasteiger partial charge in [0, 0.05) is 60.0 Å². The fraction of sp³-hybridized carbons (Fsp3) is 0.500. The third-order valence-electron chi connectivity index (χ3n) is 5.34. The van der Waals surface area contributed by atoms with Crippen LogP contribution < -0.4 is 11.1 Å². The molecule has 1 aliphatic heterocycles. The van der Waals surface area contributed by atoms with Crippen LogP contribution in [-0.2, 0) is 4.79 Å². The van der Waals surface area contributed by atoms with Gasteiger partial charge in [-0.25, -0.2) is 0 Å². The van der Waals surface area contributed by atoms with Gasteiger partial charge in [0.25, 0.3) is 0 Å². The van der Waals surface area contributed by atoms with Crippen molar-refractivity contribution in [1.29, 1.82) is 10.8 Å². The summed E-state index contributed by atoms with van der Waals surface area (Å²) in [7, 11) is 0. The van der Waals surface area contributed by atoms with E-state index in [1.807, 2.05) is 43.9 Å². The van der Waals surface area contributed by atoms with Crippen molar-refractivity contribution in [2.75, 3.05) is 18.4 Å². The van der Waals surface area contributed by atoms with Gasteiger partial charge in [-0.05, 0) is 43.4 Å². The van der Waals surface area contributed by atoms with Crippen molar-refractivity contribution in [3.05, 3.63) is 35.5 Å². The molecule has 1 amide bonds. The number of carbonyl (C=O) groups excluding carboxylic acids is 1. The number of anilines is 1. The maximum absolute atomic E-state index is 12.6. The number of nitrogens with zero attached hydrogens (tertiary/aromatic N) is 1. The van der Waals surface area contributed by atoms with E-state index in [1.54, 1.807) is 0 Å². The molecule has 6 nitrogen and oxygen atoms in total. The molecule has 1 saturated heterocycles. The molecule has 2 rings (SSSR count). The summed E-state index contributed by atoms with van der Waals surface area (Å²) in [6.45, 7) is 9.66. The average Bonchev–Trinajstić information content (AvgIpc) is 2.66. The molecule has 1 aromatic carbocycles. The molecule has 0 spiro atoms. The maximum atomic E-state index is 12.6. The molecule has 0 radical (unpaired) electrons. The van der Waals surface area contributed by atoms with Gasteiger partial charge in [0.15, 0.2) is 0 Å². The van der Waals surface area contributed by atoms with Crippen LogP contribution in [0.25, 0.3) is 5.57 Å². The minimum atomic E-state index is -0.340. The lowest BCUT2D eigenvalue weighted by atomic mass is 9.87. The molecular formula is C22H33N5O. The molecule has 152 valence electrons. The summed E-state index contributed by atoms with van der Waals surface area (Å²) in [6, 6.07) is 5.95. The summed E-state index contributed by atoms with van der Waals surface area (Å²) in [5.74, 6) is 0.710. The highest BCUT2D eigenvalue weighted by molar-refractivity contribution is 6.08. The van der Waals surface area contributed by atoms with Gasteiger partial charge in [-0.15, -0.1) is 0 Å². The molecule has 1 aromatic rings. The molecule has 0 aromatic heterocycles. The standard InChI is InChI=1S/C22H33N5O/c1-15-9-16(7-8-27(15)21(28)22(2,3)4)14-26-20-6-5-17(10-18(20)11-23)19(12-24)13-25/h5-6,10-13,15-16,23-24,26H,7-9,14,25H2,1-4H3/b19-13+,23-11?,24-12?. The monoisotopic (exact) mass is 383 g/mol. The van der Waals surface area contributed by atoms with Crippen molar-refractivity contribution in [2.45, 2.75) is 46.6 Å². The van der Waals surface area contributed by atoms with Crippen LogP contribution >= 0.6 is 0 Å². The SMILES string of the molecule is CC1CC(CNc2ccc(/C(C=N)=C/N)cc2C=N)CCN1C(=O)C(C)(C)C. The van der Waals surface area contributed by atoms with Gasteiger partial charge in [-0.2, -0.15) is 0 Å². The Labute approximate surface area is 168 Å². The summed E-state index contributed by atoms with van der Waals surface area (Å²) in [4.78, 5) is 14.6. The van der Waals surface area contributed by atoms with Gasteiger partial charge in [0.05, 0.1) is 0 Å². The number of carbonyl (C=O) groups is 1. The molecule has 28 heavy (non-hydrogen) atoms. The van der Waals surface area contributed by atoms with Crippen LogP contribution in [0.3, 0.4) is 0 Å². The number of nitrogens with one attached hydrogen (secondary N) is 3. The lowest BCUT2D eigenvalue weighted by Crippen LogP contribution is -2.49. The number of piperidine rings is 1. The predicted molar refractivity (Wildman–Crippen MR) is 117 cm³/mol. The highest BCUT2D eigenvalue weighted by Gasteiger charge is 2.34. The normalized spacial score (nSPS) is 20.6. The minimum Gasteiger partial charge on any atom is -0.404 e. The van der Waals surface area contributed by atoms with E-state index in [1.165, 1.54) is 18.6 Å². The number of hydrogen-bond acceptors (Lipinski definition) is 5. The average molecular weight is 384 g/mol. The van der Waals surface area contributed by atoms with Gasteiger partial charge in [-0.1, -0.05) is 26.8 Å². The molecular weight excluding hydrogens is 350 g/mol. The second-order valence-corrected chi connectivity index (χ2v) is 8.58. The maximum Gasteiger partial charge on any atom is 0.228 e. The Bertz CT molecular complexity index is 763. The van der Waals surface area contributed by atoms with Crippen molar-refractivity contribution >= 4 is 29.6 Å². The topological polar surface area (TPSA) is 106 Å². The summed E-state index contributed by atoms with van der Waals surface area (Å²) in [5, 5.41) is 18.6. The van der Waals surface area contributed by atoms with Gasteiger partial charge in [-0.3, -0.25) is 4.79 Å². The predicted octanol–water partition coefficient (Wildman–Crippen LogP) is 3.72. The van der Waals surface area contributed by atoms with Crippen LogP contribution in [0, 0.1) is 22.2 Å². The third-order valence-corrected chi connectivity index (χ3v) is 5.34. The van der Waals surface area contributed by atoms with Crippen LogP contribution in [0.15, 0.2) is 24.4 Å². The van der Waals surface area contributed by atoms with E-state index in [0.717, 1.165) is 42.7 Å². The molecule has 5 N–H and O–H groups in total. The Morgan fingerprint density at radius 3 is 2.61 bits per heavy atom. The summed E-state index contributed by atoms with van der Waals surface area (Å²) in [6.07, 6.45) is 5.88. The highest BCUT2D eigenvalue weighted by atomic mass is 16.2. The molecule has 2 atom stereocenters. The van der Waals surface area contributed by atoms with E-state index in [9.17, 15) is 4.79 Å². The summed E-state index contributed by atoms with van der Waals surface area (Å²) in [5.41, 5.74) is 8.34. The fourth-order valence-electron chi connectivity index (χ4n) is 3.69. The van der Waals surface area contributed by atoms with E-state index in [0.29, 0.717) is 11.5 Å². The zero-order valence-electron chi connectivity index (χ0n) is 17.4. The van der Waals surface area contributed by atoms with Crippen LogP contribution in [0.4, 0.5) is 5.69 Å². The Kier molecular flexibility index (Phi) is 7.00. The Hall–Kier alpha value is -2.63. The number of hydrogen-bond donors (Lipinski definition) is 4. The second kappa shape index (κ2) is 9.04. The fourth-order valence-corrected chi connectivity index (χ4v) is 3.69. The quantitative estimate of drug-likeness (QED) is 0.562. The smallest absolute Gasteiger partial charge is 0.228 e. The Balaban J connectivity index is 2.01. The molecule has 2 unspecified atom stereocenters. The van der Waals surface area contributed by atoms with Gasteiger partial charge in [0.2, 0.25) is 5.91 Å². The molecule has 1 aliphatic rings. The molecule has 6 heteroatoms. The molecule has 0 bridgehead atoms. The van der Waals surface area contributed by atoms with Crippen molar-refractivity contribution in [3.8, 4) is 0 Å². The van der Waals surface area contributed by atoms with Crippen molar-refractivity contribution in [1.82, 2.24) is 4.90 Å². The molecule has 0 aliphatic carbocycles. The number of likely N-dealkylation sites (tertiary alicyclic amines) is 1. The van der Waals surface area contributed by atoms with Crippen LogP contribution in [0.5, 0.6) is 0 Å². The first-order valence-electron chi connectivity index (χ1n) is 9.83. The third kappa shape index (κ3) is 5.00. The number of allylic oxidation sites excluding steroid dienone is 1. The van der Waals surface area contributed by atoms with Crippen molar-refractivity contribution in [3.63, 3.8) is 0 Å². The Morgan fingerprint density at radius 2 is 2.07 bits per heavy atom. The van der Waals surface area contributed by atoms with E-state index >= 15 is 0 Å². The lowest BCUT2D eigenvalue weighted by Gasteiger charge is -2.40. The minimum absolute atomic E-state index is 0.225. The second-order valence-electron chi connectivity index (χ2n) is 8.58. The van der Waals surface area contributed by atoms with Gasteiger partial charge in [0.1, 0.15) is 0 Å². The zero-order chi connectivity index (χ0) is 20.9. The number of rotatable bonds is 6. The molecule has 0 saturated carbocycles.